The van der Waals surface area contributed by atoms with Crippen molar-refractivity contribution >= 4 is 17.7 Å². The molecule has 0 radical (unpaired) electrons. The Morgan fingerprint density at radius 2 is 1.60 bits per heavy atom. The summed E-state index contributed by atoms with van der Waals surface area (Å²) in [6.45, 7) is 6.92. The Balaban J connectivity index is 2.17. The maximum Gasteiger partial charge on any atom is 0.330 e. The van der Waals surface area contributed by atoms with Gasteiger partial charge in [-0.1, -0.05) is 48.5 Å². The second-order valence-corrected chi connectivity index (χ2v) is 4.14. The van der Waals surface area contributed by atoms with E-state index in [9.17, 15) is 4.79 Å². The highest BCUT2D eigenvalue weighted by Gasteiger charge is 1.98. The zero-order chi connectivity index (χ0) is 14.4. The molecular weight excluding hydrogens is 250 g/mol. The molecule has 0 N–H and O–H groups in total. The predicted octanol–water partition coefficient (Wildman–Crippen LogP) is 4.09. The molecule has 0 aliphatic carbocycles. The summed E-state index contributed by atoms with van der Waals surface area (Å²) in [7, 11) is 1.35. The van der Waals surface area contributed by atoms with Crippen molar-refractivity contribution in [1.82, 2.24) is 0 Å². The van der Waals surface area contributed by atoms with Crippen LogP contribution in [0.5, 0.6) is 0 Å². The smallest absolute Gasteiger partial charge is 0.330 e. The van der Waals surface area contributed by atoms with Crippen molar-refractivity contribution in [3.63, 3.8) is 0 Å². The summed E-state index contributed by atoms with van der Waals surface area (Å²) < 4.78 is 4.54. The summed E-state index contributed by atoms with van der Waals surface area (Å²) in [5, 5.41) is 0. The number of carbonyl (C=O) groups is 1. The monoisotopic (exact) mass is 263 g/mol. The molecule has 0 saturated heterocycles. The Morgan fingerprint density at radius 1 is 1.05 bits per heavy atom. The fourth-order valence-corrected chi connectivity index (χ4v) is 1.75. The van der Waals surface area contributed by atoms with Gasteiger partial charge in [0.05, 0.1) is 13.7 Å². The van der Waals surface area contributed by atoms with Gasteiger partial charge in [0.25, 0.3) is 0 Å². The Hall–Kier alpha value is -2.86. The lowest BCUT2D eigenvalue weighted by Gasteiger charge is -2.02. The second-order valence-electron chi connectivity index (χ2n) is 4.14. The maximum atomic E-state index is 11.0. The van der Waals surface area contributed by atoms with Crippen molar-refractivity contribution in [3.05, 3.63) is 71.6 Å². The molecular formula is C17H13NO2. The number of rotatable bonds is 3. The molecule has 0 unspecified atom stereocenters. The first kappa shape index (κ1) is 13.6. The first-order valence-electron chi connectivity index (χ1n) is 6.07. The average molecular weight is 263 g/mol. The van der Waals surface area contributed by atoms with Crippen molar-refractivity contribution in [2.45, 2.75) is 0 Å². The Labute approximate surface area is 118 Å². The highest BCUT2D eigenvalue weighted by Crippen LogP contribution is 2.23. The third kappa shape index (κ3) is 3.33. The van der Waals surface area contributed by atoms with E-state index >= 15 is 0 Å². The van der Waals surface area contributed by atoms with Crippen LogP contribution in [0.25, 0.3) is 22.0 Å². The number of ether oxygens (including phenoxy) is 1. The summed E-state index contributed by atoms with van der Waals surface area (Å²) in [4.78, 5) is 14.4. The van der Waals surface area contributed by atoms with Crippen LogP contribution in [0.1, 0.15) is 5.56 Å². The topological polar surface area (TPSA) is 30.7 Å². The molecule has 0 atom stereocenters. The van der Waals surface area contributed by atoms with Crippen LogP contribution in [0.4, 0.5) is 5.69 Å². The molecule has 0 amide bonds. The van der Waals surface area contributed by atoms with Crippen molar-refractivity contribution in [1.29, 1.82) is 0 Å². The number of esters is 1. The number of hydrogen-bond acceptors (Lipinski definition) is 2. The standard InChI is InChI=1S/C17H13NO2/c1-18-16-10-8-15(9-11-16)14-6-3-13(4-7-14)5-12-17(19)20-2/h3-12H,2H3. The van der Waals surface area contributed by atoms with E-state index in [-0.39, 0.29) is 5.97 Å². The molecule has 3 heteroatoms. The van der Waals surface area contributed by atoms with Gasteiger partial charge in [-0.25, -0.2) is 9.64 Å². The molecule has 0 fully saturated rings. The Kier molecular flexibility index (Phi) is 4.31. The van der Waals surface area contributed by atoms with Crippen LogP contribution in [0.2, 0.25) is 0 Å². The van der Waals surface area contributed by atoms with Crippen molar-refractivity contribution in [2.24, 2.45) is 0 Å². The minimum Gasteiger partial charge on any atom is -0.466 e. The highest BCUT2D eigenvalue weighted by molar-refractivity contribution is 5.87. The number of benzene rings is 2. The van der Waals surface area contributed by atoms with Gasteiger partial charge in [0, 0.05) is 6.08 Å². The van der Waals surface area contributed by atoms with E-state index in [0.29, 0.717) is 5.69 Å². The SMILES string of the molecule is [C-]#[N+]c1ccc(-c2ccc(C=CC(=O)OC)cc2)cc1. The summed E-state index contributed by atoms with van der Waals surface area (Å²) in [6.07, 6.45) is 3.09. The molecule has 0 saturated carbocycles. The lowest BCUT2D eigenvalue weighted by Crippen LogP contribution is -1.93. The minimum atomic E-state index is -0.371. The molecule has 2 aromatic rings. The molecule has 0 bridgehead atoms. The van der Waals surface area contributed by atoms with E-state index in [1.807, 2.05) is 36.4 Å². The highest BCUT2D eigenvalue weighted by atomic mass is 16.5. The average Bonchev–Trinajstić information content (AvgIpc) is 2.53. The third-order valence-corrected chi connectivity index (χ3v) is 2.85. The van der Waals surface area contributed by atoms with Crippen LogP contribution >= 0.6 is 0 Å². The van der Waals surface area contributed by atoms with Crippen LogP contribution in [0.15, 0.2) is 54.6 Å². The van der Waals surface area contributed by atoms with E-state index in [1.54, 1.807) is 18.2 Å². The van der Waals surface area contributed by atoms with Gasteiger partial charge in [-0.3, -0.25) is 0 Å². The van der Waals surface area contributed by atoms with Crippen molar-refractivity contribution in [2.75, 3.05) is 7.11 Å². The van der Waals surface area contributed by atoms with Crippen LogP contribution in [-0.4, -0.2) is 13.1 Å². The Bertz CT molecular complexity index is 662. The van der Waals surface area contributed by atoms with Gasteiger partial charge in [-0.15, -0.1) is 0 Å². The molecule has 0 aliphatic rings. The lowest BCUT2D eigenvalue weighted by molar-refractivity contribution is -0.134. The van der Waals surface area contributed by atoms with Gasteiger partial charge in [-0.2, -0.15) is 0 Å². The van der Waals surface area contributed by atoms with Crippen LogP contribution in [0.3, 0.4) is 0 Å². The number of carbonyl (C=O) groups excluding carboxylic acids is 1. The summed E-state index contributed by atoms with van der Waals surface area (Å²) in [5.41, 5.74) is 3.68. The van der Waals surface area contributed by atoms with E-state index in [0.717, 1.165) is 16.7 Å². The number of hydrogen-bond donors (Lipinski definition) is 0. The molecule has 0 aliphatic heterocycles. The normalized spacial score (nSPS) is 10.2. The zero-order valence-corrected chi connectivity index (χ0v) is 11.0. The molecule has 2 rings (SSSR count). The van der Waals surface area contributed by atoms with Crippen molar-refractivity contribution in [3.8, 4) is 11.1 Å². The van der Waals surface area contributed by atoms with Gasteiger partial charge >= 0.3 is 5.97 Å². The summed E-state index contributed by atoms with van der Waals surface area (Å²) >= 11 is 0. The summed E-state index contributed by atoms with van der Waals surface area (Å²) in [6, 6.07) is 15.3. The molecule has 98 valence electrons. The molecule has 0 heterocycles. The van der Waals surface area contributed by atoms with E-state index in [4.69, 9.17) is 6.57 Å². The minimum absolute atomic E-state index is 0.371. The summed E-state index contributed by atoms with van der Waals surface area (Å²) in [5.74, 6) is -0.371. The van der Waals surface area contributed by atoms with Crippen LogP contribution in [0, 0.1) is 6.57 Å². The van der Waals surface area contributed by atoms with Crippen molar-refractivity contribution < 1.29 is 9.53 Å². The van der Waals surface area contributed by atoms with Gasteiger partial charge in [0.1, 0.15) is 0 Å². The van der Waals surface area contributed by atoms with E-state index in [2.05, 4.69) is 9.58 Å². The number of methoxy groups -OCH3 is 1. The van der Waals surface area contributed by atoms with E-state index in [1.165, 1.54) is 13.2 Å². The first-order chi connectivity index (χ1) is 9.72. The molecule has 0 spiro atoms. The van der Waals surface area contributed by atoms with Gasteiger partial charge in [0.2, 0.25) is 0 Å². The van der Waals surface area contributed by atoms with Crippen LogP contribution < -0.4 is 0 Å². The number of nitrogens with zero attached hydrogens (tertiary/aromatic N) is 1. The van der Waals surface area contributed by atoms with E-state index < -0.39 is 0 Å². The third-order valence-electron chi connectivity index (χ3n) is 2.85. The zero-order valence-electron chi connectivity index (χ0n) is 11.0. The predicted molar refractivity (Wildman–Crippen MR) is 79.2 cm³/mol. The maximum absolute atomic E-state index is 11.0. The molecule has 2 aromatic carbocycles. The second kappa shape index (κ2) is 6.35. The molecule has 3 nitrogen and oxygen atoms in total. The fraction of sp³-hybridized carbons (Fsp3) is 0.0588. The molecule has 20 heavy (non-hydrogen) atoms. The fourth-order valence-electron chi connectivity index (χ4n) is 1.75. The Morgan fingerprint density at radius 3 is 2.10 bits per heavy atom. The molecule has 0 aromatic heterocycles. The van der Waals surface area contributed by atoms with Gasteiger partial charge < -0.3 is 4.74 Å². The van der Waals surface area contributed by atoms with Crippen LogP contribution in [-0.2, 0) is 9.53 Å². The quantitative estimate of drug-likeness (QED) is 0.474. The lowest BCUT2D eigenvalue weighted by atomic mass is 10.0. The van der Waals surface area contributed by atoms with Gasteiger partial charge in [-0.05, 0) is 22.8 Å². The van der Waals surface area contributed by atoms with Gasteiger partial charge in [0.15, 0.2) is 5.69 Å². The largest absolute Gasteiger partial charge is 0.466 e. The first-order valence-corrected chi connectivity index (χ1v) is 6.07.